The van der Waals surface area contributed by atoms with E-state index in [1.54, 1.807) is 18.2 Å². The number of thiazole rings is 1. The average Bonchev–Trinajstić information content (AvgIpc) is 2.68. The smallest absolute Gasteiger partial charge is 0.303 e. The molecule has 18 heavy (non-hydrogen) atoms. The summed E-state index contributed by atoms with van der Waals surface area (Å²) in [5, 5.41) is 9.51. The molecule has 0 atom stereocenters. The third-order valence-electron chi connectivity index (χ3n) is 2.50. The minimum Gasteiger partial charge on any atom is -0.481 e. The summed E-state index contributed by atoms with van der Waals surface area (Å²) in [6, 6.07) is 6.47. The molecule has 0 aliphatic carbocycles. The molecule has 0 aliphatic heterocycles. The standard InChI is InChI=1S/C13H12FNO2S/c1-8-15-11(6-7-12(16)17)13(18-8)9-4-2-3-5-10(9)14/h2-5H,6-7H2,1H3,(H,16,17). The SMILES string of the molecule is Cc1nc(CCC(=O)O)c(-c2ccccc2F)s1. The number of rotatable bonds is 4. The molecule has 1 heterocycles. The van der Waals surface area contributed by atoms with Crippen LogP contribution in [0.5, 0.6) is 0 Å². The molecule has 5 heteroatoms. The maximum absolute atomic E-state index is 13.7. The van der Waals surface area contributed by atoms with Crippen LogP contribution < -0.4 is 0 Å². The van der Waals surface area contributed by atoms with Crippen LogP contribution in [0.1, 0.15) is 17.1 Å². The number of halogens is 1. The number of benzene rings is 1. The summed E-state index contributed by atoms with van der Waals surface area (Å²) in [6.07, 6.45) is 0.327. The van der Waals surface area contributed by atoms with Crippen LogP contribution >= 0.6 is 11.3 Å². The molecule has 0 saturated heterocycles. The number of aryl methyl sites for hydroxylation is 2. The van der Waals surface area contributed by atoms with Gasteiger partial charge in [0.25, 0.3) is 0 Å². The van der Waals surface area contributed by atoms with Gasteiger partial charge in [0.15, 0.2) is 0 Å². The van der Waals surface area contributed by atoms with Crippen LogP contribution in [0.15, 0.2) is 24.3 Å². The first kappa shape index (κ1) is 12.7. The minimum atomic E-state index is -0.875. The molecule has 2 aromatic rings. The normalized spacial score (nSPS) is 10.6. The Hall–Kier alpha value is -1.75. The summed E-state index contributed by atoms with van der Waals surface area (Å²) in [6.45, 7) is 1.83. The Kier molecular flexibility index (Phi) is 3.72. The largest absolute Gasteiger partial charge is 0.481 e. The lowest BCUT2D eigenvalue weighted by molar-refractivity contribution is -0.136. The van der Waals surface area contributed by atoms with Crippen molar-refractivity contribution in [1.29, 1.82) is 0 Å². The van der Waals surface area contributed by atoms with Crippen LogP contribution in [0.2, 0.25) is 0 Å². The molecule has 94 valence electrons. The van der Waals surface area contributed by atoms with Crippen LogP contribution in [0.25, 0.3) is 10.4 Å². The Morgan fingerprint density at radius 2 is 2.17 bits per heavy atom. The first-order valence-corrected chi connectivity index (χ1v) is 6.32. The van der Waals surface area contributed by atoms with E-state index < -0.39 is 5.97 Å². The van der Waals surface area contributed by atoms with E-state index in [2.05, 4.69) is 4.98 Å². The molecule has 0 unspecified atom stereocenters. The van der Waals surface area contributed by atoms with Gasteiger partial charge < -0.3 is 5.11 Å². The highest BCUT2D eigenvalue weighted by molar-refractivity contribution is 7.15. The predicted octanol–water partition coefficient (Wildman–Crippen LogP) is 3.27. The molecular formula is C13H12FNO2S. The van der Waals surface area contributed by atoms with Gasteiger partial charge >= 0.3 is 5.97 Å². The van der Waals surface area contributed by atoms with Crippen LogP contribution in [0.3, 0.4) is 0 Å². The highest BCUT2D eigenvalue weighted by Crippen LogP contribution is 2.32. The van der Waals surface area contributed by atoms with E-state index in [9.17, 15) is 9.18 Å². The second-order valence-corrected chi connectivity index (χ2v) is 5.09. The zero-order chi connectivity index (χ0) is 13.1. The van der Waals surface area contributed by atoms with Gasteiger partial charge in [-0.15, -0.1) is 11.3 Å². The molecule has 1 N–H and O–H groups in total. The molecule has 0 fully saturated rings. The molecular weight excluding hydrogens is 253 g/mol. The van der Waals surface area contributed by atoms with Crippen molar-refractivity contribution in [2.24, 2.45) is 0 Å². The number of carboxylic acid groups (broad SMARTS) is 1. The Morgan fingerprint density at radius 3 is 2.83 bits per heavy atom. The summed E-state index contributed by atoms with van der Waals surface area (Å²) in [7, 11) is 0. The van der Waals surface area contributed by atoms with E-state index in [0.29, 0.717) is 17.7 Å². The van der Waals surface area contributed by atoms with Gasteiger partial charge in [-0.1, -0.05) is 18.2 Å². The second-order valence-electron chi connectivity index (χ2n) is 3.88. The fourth-order valence-electron chi connectivity index (χ4n) is 1.72. The molecule has 0 spiro atoms. The maximum Gasteiger partial charge on any atom is 0.303 e. The highest BCUT2D eigenvalue weighted by atomic mass is 32.1. The summed E-state index contributed by atoms with van der Waals surface area (Å²) < 4.78 is 13.7. The lowest BCUT2D eigenvalue weighted by Gasteiger charge is -2.02. The van der Waals surface area contributed by atoms with Crippen LogP contribution in [-0.2, 0) is 11.2 Å². The summed E-state index contributed by atoms with van der Waals surface area (Å²) in [5.74, 6) is -1.18. The zero-order valence-electron chi connectivity index (χ0n) is 9.81. The van der Waals surface area contributed by atoms with Crippen LogP contribution in [0.4, 0.5) is 4.39 Å². The minimum absolute atomic E-state index is 0.00459. The van der Waals surface area contributed by atoms with Gasteiger partial charge in [-0.05, 0) is 13.0 Å². The van der Waals surface area contributed by atoms with Crippen molar-refractivity contribution in [3.05, 3.63) is 40.8 Å². The second kappa shape index (κ2) is 5.27. The van der Waals surface area contributed by atoms with Gasteiger partial charge in [0.1, 0.15) is 5.82 Å². The zero-order valence-corrected chi connectivity index (χ0v) is 10.6. The van der Waals surface area contributed by atoms with Crippen LogP contribution in [0, 0.1) is 12.7 Å². The summed E-state index contributed by atoms with van der Waals surface area (Å²) >= 11 is 1.39. The van der Waals surface area contributed by atoms with Gasteiger partial charge in [-0.25, -0.2) is 9.37 Å². The lowest BCUT2D eigenvalue weighted by Crippen LogP contribution is -1.99. The van der Waals surface area contributed by atoms with Crippen LogP contribution in [-0.4, -0.2) is 16.1 Å². The van der Waals surface area contributed by atoms with Gasteiger partial charge in [0.05, 0.1) is 22.0 Å². The van der Waals surface area contributed by atoms with E-state index in [1.165, 1.54) is 17.4 Å². The molecule has 1 aromatic carbocycles. The van der Waals surface area contributed by atoms with E-state index in [4.69, 9.17) is 5.11 Å². The number of hydrogen-bond acceptors (Lipinski definition) is 3. The first-order valence-electron chi connectivity index (χ1n) is 5.51. The summed E-state index contributed by atoms with van der Waals surface area (Å²) in [5.41, 5.74) is 1.15. The van der Waals surface area contributed by atoms with Gasteiger partial charge in [-0.2, -0.15) is 0 Å². The van der Waals surface area contributed by atoms with Crippen molar-refractivity contribution in [3.63, 3.8) is 0 Å². The fraction of sp³-hybridized carbons (Fsp3) is 0.231. The molecule has 3 nitrogen and oxygen atoms in total. The Morgan fingerprint density at radius 1 is 1.44 bits per heavy atom. The molecule has 2 rings (SSSR count). The maximum atomic E-state index is 13.7. The molecule has 0 radical (unpaired) electrons. The number of carbonyl (C=O) groups is 1. The van der Waals surface area contributed by atoms with Crippen molar-refractivity contribution in [2.45, 2.75) is 19.8 Å². The first-order chi connectivity index (χ1) is 8.58. The van der Waals surface area contributed by atoms with Crippen molar-refractivity contribution in [2.75, 3.05) is 0 Å². The van der Waals surface area contributed by atoms with Crippen molar-refractivity contribution >= 4 is 17.3 Å². The van der Waals surface area contributed by atoms with Gasteiger partial charge in [0, 0.05) is 12.0 Å². The Labute approximate surface area is 108 Å². The monoisotopic (exact) mass is 265 g/mol. The van der Waals surface area contributed by atoms with E-state index in [-0.39, 0.29) is 12.2 Å². The van der Waals surface area contributed by atoms with Crippen molar-refractivity contribution in [3.8, 4) is 10.4 Å². The van der Waals surface area contributed by atoms with Gasteiger partial charge in [-0.3, -0.25) is 4.79 Å². The topological polar surface area (TPSA) is 50.2 Å². The third kappa shape index (κ3) is 2.73. The lowest BCUT2D eigenvalue weighted by atomic mass is 10.1. The number of hydrogen-bond donors (Lipinski definition) is 1. The third-order valence-corrected chi connectivity index (χ3v) is 3.54. The fourth-order valence-corrected chi connectivity index (χ4v) is 2.71. The van der Waals surface area contributed by atoms with Crippen molar-refractivity contribution < 1.29 is 14.3 Å². The average molecular weight is 265 g/mol. The molecule has 0 saturated carbocycles. The Balaban J connectivity index is 2.38. The number of aliphatic carboxylic acids is 1. The molecule has 0 bridgehead atoms. The molecule has 0 amide bonds. The Bertz CT molecular complexity index is 580. The predicted molar refractivity (Wildman–Crippen MR) is 68.2 cm³/mol. The van der Waals surface area contributed by atoms with E-state index in [1.807, 2.05) is 6.92 Å². The van der Waals surface area contributed by atoms with E-state index in [0.717, 1.165) is 9.88 Å². The molecule has 0 aliphatic rings. The molecule has 1 aromatic heterocycles. The van der Waals surface area contributed by atoms with Crippen molar-refractivity contribution in [1.82, 2.24) is 4.98 Å². The number of carboxylic acids is 1. The number of nitrogens with zero attached hydrogens (tertiary/aromatic N) is 1. The summed E-state index contributed by atoms with van der Waals surface area (Å²) in [4.78, 5) is 15.6. The highest BCUT2D eigenvalue weighted by Gasteiger charge is 2.15. The quantitative estimate of drug-likeness (QED) is 0.923. The van der Waals surface area contributed by atoms with Gasteiger partial charge in [0.2, 0.25) is 0 Å². The number of aromatic nitrogens is 1. The van der Waals surface area contributed by atoms with E-state index >= 15 is 0 Å².